The number of anilines is 2. The Labute approximate surface area is 173 Å². The van der Waals surface area contributed by atoms with Gasteiger partial charge in [0.25, 0.3) is 0 Å². The molecule has 0 unspecified atom stereocenters. The molecular weight excluding hydrogens is 380 g/mol. The van der Waals surface area contributed by atoms with Crippen LogP contribution in [0.5, 0.6) is 0 Å². The van der Waals surface area contributed by atoms with Crippen LogP contribution in [0.25, 0.3) is 22.2 Å². The zero-order valence-electron chi connectivity index (χ0n) is 16.6. The van der Waals surface area contributed by atoms with Crippen molar-refractivity contribution in [3.63, 3.8) is 0 Å². The monoisotopic (exact) mass is 400 g/mol. The zero-order chi connectivity index (χ0) is 21.1. The van der Waals surface area contributed by atoms with Gasteiger partial charge in [0.05, 0.1) is 17.6 Å². The van der Waals surface area contributed by atoms with Crippen molar-refractivity contribution >= 4 is 28.5 Å². The molecular formula is C23H20N4O3. The number of rotatable bonds is 5. The molecule has 0 bridgehead atoms. The van der Waals surface area contributed by atoms with Gasteiger partial charge in [-0.25, -0.2) is 14.6 Å². The van der Waals surface area contributed by atoms with Crippen molar-refractivity contribution in [3.8, 4) is 11.1 Å². The van der Waals surface area contributed by atoms with Gasteiger partial charge in [0.2, 0.25) is 0 Å². The van der Waals surface area contributed by atoms with E-state index in [0.717, 1.165) is 22.2 Å². The second-order valence-electron chi connectivity index (χ2n) is 6.67. The van der Waals surface area contributed by atoms with E-state index in [2.05, 4.69) is 15.0 Å². The first-order valence-corrected chi connectivity index (χ1v) is 9.53. The van der Waals surface area contributed by atoms with Gasteiger partial charge in [-0.15, -0.1) is 0 Å². The van der Waals surface area contributed by atoms with Gasteiger partial charge in [-0.3, -0.25) is 4.98 Å². The van der Waals surface area contributed by atoms with Crippen LogP contribution in [0, 0.1) is 0 Å². The molecule has 0 aliphatic carbocycles. The molecule has 7 heteroatoms. The molecule has 0 radical (unpaired) electrons. The number of H-pyrrole nitrogens is 1. The molecule has 0 saturated heterocycles. The van der Waals surface area contributed by atoms with Crippen molar-refractivity contribution in [3.05, 3.63) is 82.9 Å². The first-order valence-electron chi connectivity index (χ1n) is 9.53. The normalized spacial score (nSPS) is 10.7. The molecule has 0 saturated carbocycles. The number of pyridine rings is 1. The lowest BCUT2D eigenvalue weighted by Crippen LogP contribution is -2.19. The van der Waals surface area contributed by atoms with Gasteiger partial charge in [-0.1, -0.05) is 24.3 Å². The Kier molecular flexibility index (Phi) is 5.26. The first kappa shape index (κ1) is 19.3. The van der Waals surface area contributed by atoms with Crippen LogP contribution in [0.3, 0.4) is 0 Å². The highest BCUT2D eigenvalue weighted by atomic mass is 16.5. The summed E-state index contributed by atoms with van der Waals surface area (Å²) in [5.74, 6) is 0.190. The van der Waals surface area contributed by atoms with E-state index >= 15 is 0 Å². The molecule has 4 aromatic rings. The van der Waals surface area contributed by atoms with Crippen LogP contribution < -0.4 is 10.6 Å². The van der Waals surface area contributed by atoms with Gasteiger partial charge in [-0.2, -0.15) is 4.98 Å². The molecule has 0 amide bonds. The second kappa shape index (κ2) is 8.16. The minimum Gasteiger partial charge on any atom is -0.462 e. The smallest absolute Gasteiger partial charge is 0.348 e. The summed E-state index contributed by atoms with van der Waals surface area (Å²) in [5, 5.41) is 0.755. The first-order chi connectivity index (χ1) is 14.6. The number of nitrogens with zero attached hydrogens (tertiary/aromatic N) is 3. The fourth-order valence-electron chi connectivity index (χ4n) is 3.27. The summed E-state index contributed by atoms with van der Waals surface area (Å²) in [6.07, 6.45) is 1.63. The number of nitrogens with one attached hydrogen (secondary N) is 1. The summed E-state index contributed by atoms with van der Waals surface area (Å²) in [4.78, 5) is 36.8. The highest BCUT2D eigenvalue weighted by Crippen LogP contribution is 2.29. The lowest BCUT2D eigenvalue weighted by molar-refractivity contribution is 0.0526. The summed E-state index contributed by atoms with van der Waals surface area (Å²) in [6, 6.07) is 18.8. The molecule has 4 rings (SSSR count). The van der Waals surface area contributed by atoms with Crippen molar-refractivity contribution in [2.45, 2.75) is 6.92 Å². The van der Waals surface area contributed by atoms with Crippen molar-refractivity contribution in [2.75, 3.05) is 18.6 Å². The number of aromatic amines is 1. The summed E-state index contributed by atoms with van der Waals surface area (Å²) >= 11 is 0. The summed E-state index contributed by atoms with van der Waals surface area (Å²) in [7, 11) is 1.85. The Morgan fingerprint density at radius 2 is 1.87 bits per heavy atom. The maximum atomic E-state index is 12.0. The number of benzene rings is 2. The molecule has 0 atom stereocenters. The van der Waals surface area contributed by atoms with Crippen molar-refractivity contribution in [1.29, 1.82) is 0 Å². The summed E-state index contributed by atoms with van der Waals surface area (Å²) < 4.78 is 5.08. The van der Waals surface area contributed by atoms with E-state index in [1.165, 1.54) is 0 Å². The third-order valence-corrected chi connectivity index (χ3v) is 4.76. The molecule has 0 fully saturated rings. The van der Waals surface area contributed by atoms with Gasteiger partial charge < -0.3 is 9.64 Å². The van der Waals surface area contributed by atoms with E-state index in [1.807, 2.05) is 60.5 Å². The number of carbonyl (C=O) groups excluding carboxylic acids is 1. The molecule has 0 aliphatic heterocycles. The predicted molar refractivity (Wildman–Crippen MR) is 116 cm³/mol. The highest BCUT2D eigenvalue weighted by Gasteiger charge is 2.13. The van der Waals surface area contributed by atoms with Gasteiger partial charge >= 0.3 is 11.7 Å². The number of ether oxygens (including phenoxy) is 1. The van der Waals surface area contributed by atoms with Crippen LogP contribution >= 0.6 is 0 Å². The lowest BCUT2D eigenvalue weighted by atomic mass is 10.0. The largest absolute Gasteiger partial charge is 0.462 e. The molecule has 1 N–H and O–H groups in total. The topological polar surface area (TPSA) is 88.2 Å². The van der Waals surface area contributed by atoms with Gasteiger partial charge in [-0.05, 0) is 54.4 Å². The number of fused-ring (bicyclic) bond motifs is 1. The Morgan fingerprint density at radius 1 is 1.07 bits per heavy atom. The molecule has 150 valence electrons. The molecule has 0 spiro atoms. The number of carbonyl (C=O) groups is 1. The molecule has 2 aromatic carbocycles. The van der Waals surface area contributed by atoms with Crippen LogP contribution in [0.15, 0.2) is 71.7 Å². The standard InChI is InChI=1S/C23H20N4O3/c1-3-30-22(28)17-7-4-6-16(14-17)15-9-11-18(12-10-15)27(2)21-19-8-5-13-24-20(19)25-23(29)26-21/h4-14H,3H2,1-2H3,(H,24,25,26,29). The van der Waals surface area contributed by atoms with Crippen LogP contribution in [-0.4, -0.2) is 34.6 Å². The summed E-state index contributed by atoms with van der Waals surface area (Å²) in [6.45, 7) is 2.12. The molecule has 7 nitrogen and oxygen atoms in total. The van der Waals surface area contributed by atoms with Crippen molar-refractivity contribution in [1.82, 2.24) is 15.0 Å². The Balaban J connectivity index is 1.66. The van der Waals surface area contributed by atoms with E-state index in [9.17, 15) is 9.59 Å². The SMILES string of the molecule is CCOC(=O)c1cccc(-c2ccc(N(C)c3nc(=O)[nH]c4ncccc34)cc2)c1. The highest BCUT2D eigenvalue weighted by molar-refractivity contribution is 5.91. The van der Waals surface area contributed by atoms with E-state index < -0.39 is 5.69 Å². The van der Waals surface area contributed by atoms with E-state index in [1.54, 1.807) is 25.3 Å². The maximum Gasteiger partial charge on any atom is 0.348 e. The summed E-state index contributed by atoms with van der Waals surface area (Å²) in [5.41, 5.74) is 3.30. The Morgan fingerprint density at radius 3 is 2.63 bits per heavy atom. The molecule has 2 heterocycles. The third kappa shape index (κ3) is 3.77. The fraction of sp³-hybridized carbons (Fsp3) is 0.130. The number of aromatic nitrogens is 3. The quantitative estimate of drug-likeness (QED) is 0.511. The Bertz CT molecular complexity index is 1270. The third-order valence-electron chi connectivity index (χ3n) is 4.76. The van der Waals surface area contributed by atoms with E-state index in [0.29, 0.717) is 23.6 Å². The van der Waals surface area contributed by atoms with Crippen molar-refractivity contribution < 1.29 is 9.53 Å². The molecule has 0 aliphatic rings. The van der Waals surface area contributed by atoms with Crippen LogP contribution in [-0.2, 0) is 4.74 Å². The van der Waals surface area contributed by atoms with Gasteiger partial charge in [0.1, 0.15) is 11.5 Å². The van der Waals surface area contributed by atoms with Gasteiger partial charge in [0.15, 0.2) is 0 Å². The fourth-order valence-corrected chi connectivity index (χ4v) is 3.27. The zero-order valence-corrected chi connectivity index (χ0v) is 16.6. The van der Waals surface area contributed by atoms with E-state index in [4.69, 9.17) is 4.74 Å². The second-order valence-corrected chi connectivity index (χ2v) is 6.67. The minimum absolute atomic E-state index is 0.337. The predicted octanol–water partition coefficient (Wildman–Crippen LogP) is 3.93. The minimum atomic E-state index is -0.449. The Hall–Kier alpha value is -4.00. The number of hydrogen-bond acceptors (Lipinski definition) is 6. The average molecular weight is 400 g/mol. The number of esters is 1. The molecule has 30 heavy (non-hydrogen) atoms. The van der Waals surface area contributed by atoms with Crippen LogP contribution in [0.4, 0.5) is 11.5 Å². The average Bonchev–Trinajstić information content (AvgIpc) is 2.78. The maximum absolute atomic E-state index is 12.0. The van der Waals surface area contributed by atoms with Crippen LogP contribution in [0.2, 0.25) is 0 Å². The van der Waals surface area contributed by atoms with Gasteiger partial charge in [0, 0.05) is 18.9 Å². The molecule has 2 aromatic heterocycles. The van der Waals surface area contributed by atoms with E-state index in [-0.39, 0.29) is 5.97 Å². The number of hydrogen-bond donors (Lipinski definition) is 1. The lowest BCUT2D eigenvalue weighted by Gasteiger charge is -2.19. The van der Waals surface area contributed by atoms with Crippen molar-refractivity contribution in [2.24, 2.45) is 0 Å². The van der Waals surface area contributed by atoms with Crippen LogP contribution in [0.1, 0.15) is 17.3 Å².